The number of fused-ring (bicyclic) bond motifs is 1. The molecule has 2 aromatic carbocycles. The Morgan fingerprint density at radius 3 is 2.32 bits per heavy atom. The van der Waals surface area contributed by atoms with Crippen LogP contribution in [0.15, 0.2) is 70.1 Å². The Kier molecular flexibility index (Phi) is 9.03. The van der Waals surface area contributed by atoms with Gasteiger partial charge in [0.05, 0.1) is 14.9 Å². The van der Waals surface area contributed by atoms with Crippen LogP contribution in [0.5, 0.6) is 0 Å². The zero-order chi connectivity index (χ0) is 23.0. The van der Waals surface area contributed by atoms with Crippen molar-refractivity contribution < 1.29 is 0 Å². The second-order valence-corrected chi connectivity index (χ2v) is 7.39. The predicted octanol–water partition coefficient (Wildman–Crippen LogP) is 5.64. The summed E-state index contributed by atoms with van der Waals surface area (Å²) in [4.78, 5) is 20.2. The molecule has 0 atom stereocenters. The van der Waals surface area contributed by atoms with Gasteiger partial charge in [-0.25, -0.2) is 4.98 Å². The number of nitrogens with two attached hydrogens (primary N) is 2. The van der Waals surface area contributed by atoms with E-state index < -0.39 is 0 Å². The molecule has 4 N–H and O–H groups in total. The summed E-state index contributed by atoms with van der Waals surface area (Å²) in [6, 6.07) is 17.3. The number of benzene rings is 2. The van der Waals surface area contributed by atoms with Crippen molar-refractivity contribution in [2.24, 2.45) is 0 Å². The molecule has 0 unspecified atom stereocenters. The lowest BCUT2D eigenvalue weighted by atomic mass is 10.1. The minimum absolute atomic E-state index is 0.0591. The second kappa shape index (κ2) is 11.5. The summed E-state index contributed by atoms with van der Waals surface area (Å²) in [5.74, 6) is 0.554. The number of hydrogen-bond donors (Lipinski definition) is 2. The maximum absolute atomic E-state index is 12.8. The van der Waals surface area contributed by atoms with Crippen LogP contribution in [0.2, 0.25) is 5.02 Å². The summed E-state index contributed by atoms with van der Waals surface area (Å²) >= 11 is 9.33. The molecule has 0 aliphatic carbocycles. The molecular weight excluding hydrogens is 478 g/mol. The van der Waals surface area contributed by atoms with Gasteiger partial charge in [-0.3, -0.25) is 9.36 Å². The molecule has 0 saturated heterocycles. The Labute approximate surface area is 195 Å². The largest absolute Gasteiger partial charge is 0.383 e. The molecule has 2 aromatic heterocycles. The van der Waals surface area contributed by atoms with E-state index in [0.29, 0.717) is 20.7 Å². The van der Waals surface area contributed by atoms with Gasteiger partial charge in [-0.05, 0) is 52.0 Å². The van der Waals surface area contributed by atoms with E-state index in [2.05, 4.69) is 25.9 Å². The molecule has 0 spiro atoms. The first kappa shape index (κ1) is 24.4. The summed E-state index contributed by atoms with van der Waals surface area (Å²) in [5, 5.41) is 1.97. The average Bonchev–Trinajstić information content (AvgIpc) is 2.78. The maximum Gasteiger partial charge on any atom is 0.264 e. The number of nitrogens with zero attached hydrogens (tertiary/aromatic N) is 3. The molecule has 4 rings (SSSR count). The molecule has 31 heavy (non-hydrogen) atoms. The number of para-hydroxylation sites is 1. The lowest BCUT2D eigenvalue weighted by molar-refractivity contribution is 0.889. The van der Waals surface area contributed by atoms with Crippen LogP contribution in [-0.2, 0) is 6.42 Å². The van der Waals surface area contributed by atoms with E-state index in [1.807, 2.05) is 69.3 Å². The van der Waals surface area contributed by atoms with Crippen LogP contribution in [0.4, 0.5) is 11.8 Å². The Morgan fingerprint density at radius 2 is 1.74 bits per heavy atom. The fourth-order valence-corrected chi connectivity index (χ4v) is 3.34. The van der Waals surface area contributed by atoms with Gasteiger partial charge in [0.1, 0.15) is 5.82 Å². The molecule has 6 nitrogen and oxygen atoms in total. The van der Waals surface area contributed by atoms with Gasteiger partial charge in [-0.15, -0.1) is 0 Å². The minimum atomic E-state index is -0.0591. The van der Waals surface area contributed by atoms with E-state index in [9.17, 15) is 4.79 Å². The fraction of sp³-hybridized carbons (Fsp3) is 0.174. The van der Waals surface area contributed by atoms with E-state index in [0.717, 1.165) is 23.2 Å². The zero-order valence-corrected chi connectivity index (χ0v) is 20.0. The second-order valence-electron chi connectivity index (χ2n) is 6.13. The van der Waals surface area contributed by atoms with Crippen LogP contribution < -0.4 is 17.0 Å². The van der Waals surface area contributed by atoms with Gasteiger partial charge in [0.2, 0.25) is 5.95 Å². The molecule has 4 aromatic rings. The van der Waals surface area contributed by atoms with Gasteiger partial charge < -0.3 is 11.5 Å². The normalized spacial score (nSPS) is 9.97. The van der Waals surface area contributed by atoms with E-state index >= 15 is 0 Å². The number of nitrogen functional groups attached to an aromatic ring is 2. The fourth-order valence-electron chi connectivity index (χ4n) is 2.89. The Hall–Kier alpha value is -2.90. The number of aromatic nitrogens is 3. The van der Waals surface area contributed by atoms with Gasteiger partial charge >= 0.3 is 0 Å². The molecule has 0 saturated carbocycles. The van der Waals surface area contributed by atoms with Crippen LogP contribution in [0, 0.1) is 0 Å². The average molecular weight is 503 g/mol. The molecule has 0 aliphatic heterocycles. The molecule has 0 bridgehead atoms. The zero-order valence-electron chi connectivity index (χ0n) is 17.6. The van der Waals surface area contributed by atoms with Crippen molar-refractivity contribution in [3.8, 4) is 5.69 Å². The topological polar surface area (TPSA) is 99.8 Å². The van der Waals surface area contributed by atoms with Gasteiger partial charge in [0.25, 0.3) is 5.56 Å². The van der Waals surface area contributed by atoms with Gasteiger partial charge in [0.15, 0.2) is 0 Å². The predicted molar refractivity (Wildman–Crippen MR) is 134 cm³/mol. The molecule has 0 fully saturated rings. The third-order valence-corrected chi connectivity index (χ3v) is 5.16. The number of anilines is 2. The van der Waals surface area contributed by atoms with Gasteiger partial charge in [0, 0.05) is 17.6 Å². The molecular formula is C23H25BrClN5O. The first-order valence-corrected chi connectivity index (χ1v) is 11.0. The number of pyridine rings is 1. The Morgan fingerprint density at radius 1 is 1.06 bits per heavy atom. The van der Waals surface area contributed by atoms with Crippen molar-refractivity contribution >= 4 is 50.1 Å². The highest BCUT2D eigenvalue weighted by Crippen LogP contribution is 2.22. The Balaban J connectivity index is 0.000000261. The third kappa shape index (κ3) is 5.83. The summed E-state index contributed by atoms with van der Waals surface area (Å²) in [6.45, 7) is 6.05. The molecule has 0 aliphatic rings. The number of aryl methyl sites for hydroxylation is 1. The van der Waals surface area contributed by atoms with Crippen molar-refractivity contribution in [1.29, 1.82) is 0 Å². The van der Waals surface area contributed by atoms with Gasteiger partial charge in [-0.1, -0.05) is 62.7 Å². The van der Waals surface area contributed by atoms with E-state index in [1.165, 1.54) is 6.20 Å². The lowest BCUT2D eigenvalue weighted by Gasteiger charge is -2.14. The van der Waals surface area contributed by atoms with Crippen molar-refractivity contribution in [3.63, 3.8) is 0 Å². The minimum Gasteiger partial charge on any atom is -0.383 e. The standard InChI is InChI=1S/C17H14ClNO.C4H5BrN4.C2H6/c1-2-13-11-12-7-6-10-15(18)16(12)17(20)19(13)14-8-4-3-5-9-14;5-2-1-8-4(7)9-3(2)6;1-2/h3-11H,2H2,1H3;1H,(H4,6,7,8,9);1-2H3. The molecule has 0 amide bonds. The SMILES string of the molecule is CC.CCc1cc2cccc(Cl)c2c(=O)n1-c1ccccc1.Nc1ncc(Br)c(N)n1. The van der Waals surface area contributed by atoms with Crippen LogP contribution in [-0.4, -0.2) is 14.5 Å². The summed E-state index contributed by atoms with van der Waals surface area (Å²) in [7, 11) is 0. The first-order chi connectivity index (χ1) is 14.9. The van der Waals surface area contributed by atoms with Crippen LogP contribution >= 0.6 is 27.5 Å². The highest BCUT2D eigenvalue weighted by atomic mass is 79.9. The van der Waals surface area contributed by atoms with E-state index in [4.69, 9.17) is 23.1 Å². The number of rotatable bonds is 2. The monoisotopic (exact) mass is 501 g/mol. The Bertz CT molecular complexity index is 1210. The summed E-state index contributed by atoms with van der Waals surface area (Å²) in [5.41, 5.74) is 12.3. The van der Waals surface area contributed by atoms with Gasteiger partial charge in [-0.2, -0.15) is 4.98 Å². The molecule has 2 heterocycles. The molecule has 162 valence electrons. The molecule has 8 heteroatoms. The van der Waals surface area contributed by atoms with E-state index in [1.54, 1.807) is 10.6 Å². The van der Waals surface area contributed by atoms with E-state index in [-0.39, 0.29) is 11.5 Å². The van der Waals surface area contributed by atoms with Crippen LogP contribution in [0.25, 0.3) is 16.5 Å². The van der Waals surface area contributed by atoms with Crippen molar-refractivity contribution in [2.75, 3.05) is 11.5 Å². The quantitative estimate of drug-likeness (QED) is 0.370. The summed E-state index contributed by atoms with van der Waals surface area (Å²) < 4.78 is 2.41. The van der Waals surface area contributed by atoms with Crippen LogP contribution in [0.3, 0.4) is 0 Å². The third-order valence-electron chi connectivity index (χ3n) is 4.24. The van der Waals surface area contributed by atoms with Crippen molar-refractivity contribution in [2.45, 2.75) is 27.2 Å². The maximum atomic E-state index is 12.8. The summed E-state index contributed by atoms with van der Waals surface area (Å²) in [6.07, 6.45) is 2.30. The lowest BCUT2D eigenvalue weighted by Crippen LogP contribution is -2.22. The number of halogens is 2. The van der Waals surface area contributed by atoms with Crippen molar-refractivity contribution in [1.82, 2.24) is 14.5 Å². The number of hydrogen-bond acceptors (Lipinski definition) is 5. The van der Waals surface area contributed by atoms with Crippen LogP contribution in [0.1, 0.15) is 26.5 Å². The molecule has 0 radical (unpaired) electrons. The van der Waals surface area contributed by atoms with Crippen molar-refractivity contribution in [3.05, 3.63) is 86.3 Å². The highest BCUT2D eigenvalue weighted by molar-refractivity contribution is 9.10. The smallest absolute Gasteiger partial charge is 0.264 e. The highest BCUT2D eigenvalue weighted by Gasteiger charge is 2.11. The first-order valence-electron chi connectivity index (χ1n) is 9.84.